The number of rotatable bonds is 4. The molecule has 1 aromatic carbocycles. The van der Waals surface area contributed by atoms with Crippen molar-refractivity contribution in [2.45, 2.75) is 6.42 Å². The van der Waals surface area contributed by atoms with Gasteiger partial charge in [0, 0.05) is 11.6 Å². The fraction of sp³-hybridized carbons (Fsp3) is 0.111. The van der Waals surface area contributed by atoms with Crippen LogP contribution in [0.5, 0.6) is 5.75 Å². The van der Waals surface area contributed by atoms with Crippen LogP contribution < -0.4 is 0 Å². The Balaban J connectivity index is 2.09. The SMILES string of the molecule is COC(=O)c1nc(C=O)c2cc(Cc3ccc(F)cc3)cnc2c1O. The number of aromatic nitrogens is 2. The van der Waals surface area contributed by atoms with Crippen molar-refractivity contribution in [1.82, 2.24) is 9.97 Å². The molecule has 0 amide bonds. The summed E-state index contributed by atoms with van der Waals surface area (Å²) in [5.74, 6) is -1.63. The van der Waals surface area contributed by atoms with Crippen molar-refractivity contribution in [1.29, 1.82) is 0 Å². The van der Waals surface area contributed by atoms with Crippen LogP contribution >= 0.6 is 0 Å². The monoisotopic (exact) mass is 340 g/mol. The molecule has 1 N–H and O–H groups in total. The van der Waals surface area contributed by atoms with Gasteiger partial charge < -0.3 is 9.84 Å². The minimum Gasteiger partial charge on any atom is -0.504 e. The molecule has 25 heavy (non-hydrogen) atoms. The van der Waals surface area contributed by atoms with Crippen LogP contribution in [0.25, 0.3) is 10.9 Å². The maximum absolute atomic E-state index is 13.0. The first kappa shape index (κ1) is 16.5. The molecule has 126 valence electrons. The van der Waals surface area contributed by atoms with E-state index in [4.69, 9.17) is 0 Å². The van der Waals surface area contributed by atoms with E-state index in [2.05, 4.69) is 14.7 Å². The topological polar surface area (TPSA) is 89.4 Å². The number of fused-ring (bicyclic) bond motifs is 1. The lowest BCUT2D eigenvalue weighted by Crippen LogP contribution is -2.08. The average Bonchev–Trinajstić information content (AvgIpc) is 2.63. The Morgan fingerprint density at radius 1 is 1.28 bits per heavy atom. The number of nitrogens with zero attached hydrogens (tertiary/aromatic N) is 2. The smallest absolute Gasteiger partial charge is 0.360 e. The van der Waals surface area contributed by atoms with Crippen LogP contribution in [0.1, 0.15) is 32.1 Å². The lowest BCUT2D eigenvalue weighted by Gasteiger charge is -2.09. The maximum atomic E-state index is 13.0. The molecule has 6 nitrogen and oxygen atoms in total. The van der Waals surface area contributed by atoms with E-state index in [1.807, 2.05) is 0 Å². The number of aldehydes is 1. The highest BCUT2D eigenvalue weighted by atomic mass is 19.1. The highest BCUT2D eigenvalue weighted by Crippen LogP contribution is 2.29. The molecule has 0 bridgehead atoms. The van der Waals surface area contributed by atoms with E-state index in [1.165, 1.54) is 18.3 Å². The van der Waals surface area contributed by atoms with Crippen molar-refractivity contribution < 1.29 is 23.8 Å². The largest absolute Gasteiger partial charge is 0.504 e. The Morgan fingerprint density at radius 2 is 2.00 bits per heavy atom. The molecule has 7 heteroatoms. The average molecular weight is 340 g/mol. The summed E-state index contributed by atoms with van der Waals surface area (Å²) in [5, 5.41) is 10.5. The van der Waals surface area contributed by atoms with Crippen LogP contribution in [0.2, 0.25) is 0 Å². The van der Waals surface area contributed by atoms with Crippen LogP contribution in [0, 0.1) is 5.82 Å². The minimum atomic E-state index is -0.861. The Labute approximate surface area is 141 Å². The van der Waals surface area contributed by atoms with Gasteiger partial charge in [0.2, 0.25) is 0 Å². The summed E-state index contributed by atoms with van der Waals surface area (Å²) >= 11 is 0. The Hall–Kier alpha value is -3.35. The van der Waals surface area contributed by atoms with Crippen LogP contribution in [0.15, 0.2) is 36.5 Å². The van der Waals surface area contributed by atoms with E-state index in [9.17, 15) is 19.1 Å². The first-order valence-electron chi connectivity index (χ1n) is 7.33. The van der Waals surface area contributed by atoms with Gasteiger partial charge in [0.05, 0.1) is 7.11 Å². The highest BCUT2D eigenvalue weighted by Gasteiger charge is 2.20. The second-order valence-electron chi connectivity index (χ2n) is 5.35. The van der Waals surface area contributed by atoms with E-state index >= 15 is 0 Å². The molecule has 0 aliphatic rings. The number of pyridine rings is 2. The van der Waals surface area contributed by atoms with Crippen molar-refractivity contribution in [2.75, 3.05) is 7.11 Å². The first-order valence-corrected chi connectivity index (χ1v) is 7.33. The molecule has 0 atom stereocenters. The van der Waals surface area contributed by atoms with Crippen LogP contribution in [0.4, 0.5) is 4.39 Å². The third-order valence-electron chi connectivity index (χ3n) is 3.71. The van der Waals surface area contributed by atoms with Gasteiger partial charge in [-0.2, -0.15) is 0 Å². The van der Waals surface area contributed by atoms with Gasteiger partial charge in [-0.3, -0.25) is 9.78 Å². The standard InChI is InChI=1S/C18H13FN2O4/c1-25-18(24)16-17(23)15-13(14(9-22)21-16)7-11(8-20-15)6-10-2-4-12(19)5-3-10/h2-5,7-9,23H,6H2,1H3. The first-order chi connectivity index (χ1) is 12.0. The summed E-state index contributed by atoms with van der Waals surface area (Å²) in [6, 6.07) is 7.67. The van der Waals surface area contributed by atoms with Crippen molar-refractivity contribution in [3.8, 4) is 5.75 Å². The maximum Gasteiger partial charge on any atom is 0.360 e. The van der Waals surface area contributed by atoms with Crippen molar-refractivity contribution in [3.05, 3.63) is 64.9 Å². The van der Waals surface area contributed by atoms with Crippen molar-refractivity contribution >= 4 is 23.2 Å². The normalized spacial score (nSPS) is 10.6. The van der Waals surface area contributed by atoms with Gasteiger partial charge in [-0.05, 0) is 35.7 Å². The van der Waals surface area contributed by atoms with E-state index in [1.54, 1.807) is 18.2 Å². The number of halogens is 1. The van der Waals surface area contributed by atoms with Gasteiger partial charge in [0.15, 0.2) is 17.7 Å². The van der Waals surface area contributed by atoms with Crippen molar-refractivity contribution in [3.63, 3.8) is 0 Å². The number of ether oxygens (including phenoxy) is 1. The van der Waals surface area contributed by atoms with Crippen LogP contribution in [0.3, 0.4) is 0 Å². The molecule has 3 aromatic rings. The summed E-state index contributed by atoms with van der Waals surface area (Å²) < 4.78 is 17.5. The Bertz CT molecular complexity index is 971. The number of aromatic hydroxyl groups is 1. The molecule has 0 aliphatic heterocycles. The number of esters is 1. The van der Waals surface area contributed by atoms with Gasteiger partial charge in [0.1, 0.15) is 17.0 Å². The van der Waals surface area contributed by atoms with E-state index in [0.717, 1.165) is 18.2 Å². The molecule has 0 fully saturated rings. The lowest BCUT2D eigenvalue weighted by molar-refractivity contribution is 0.0590. The van der Waals surface area contributed by atoms with Gasteiger partial charge in [-0.25, -0.2) is 14.2 Å². The number of hydrogen-bond acceptors (Lipinski definition) is 6. The van der Waals surface area contributed by atoms with Crippen LogP contribution in [-0.4, -0.2) is 34.4 Å². The third-order valence-corrected chi connectivity index (χ3v) is 3.71. The summed E-state index contributed by atoms with van der Waals surface area (Å²) in [5.41, 5.74) is 1.30. The summed E-state index contributed by atoms with van der Waals surface area (Å²) in [4.78, 5) is 31.0. The number of hydrogen-bond donors (Lipinski definition) is 1. The minimum absolute atomic E-state index is 0.0262. The zero-order chi connectivity index (χ0) is 18.0. The highest BCUT2D eigenvalue weighted by molar-refractivity contribution is 6.03. The third kappa shape index (κ3) is 3.16. The molecule has 2 heterocycles. The Kier molecular flexibility index (Phi) is 4.38. The predicted molar refractivity (Wildman–Crippen MR) is 87.1 cm³/mol. The molecule has 0 saturated carbocycles. The molecule has 0 spiro atoms. The van der Waals surface area contributed by atoms with Gasteiger partial charge in [-0.15, -0.1) is 0 Å². The van der Waals surface area contributed by atoms with E-state index in [0.29, 0.717) is 18.1 Å². The summed E-state index contributed by atoms with van der Waals surface area (Å²) in [6.45, 7) is 0. The molecule has 0 radical (unpaired) electrons. The van der Waals surface area contributed by atoms with Gasteiger partial charge in [-0.1, -0.05) is 12.1 Å². The zero-order valence-electron chi connectivity index (χ0n) is 13.2. The second kappa shape index (κ2) is 6.64. The Morgan fingerprint density at radius 3 is 2.64 bits per heavy atom. The molecular weight excluding hydrogens is 327 g/mol. The molecule has 0 aliphatic carbocycles. The molecular formula is C18H13FN2O4. The molecule has 3 rings (SSSR count). The number of carbonyl (C=O) groups excluding carboxylic acids is 2. The van der Waals surface area contributed by atoms with Gasteiger partial charge in [0.25, 0.3) is 0 Å². The summed E-state index contributed by atoms with van der Waals surface area (Å²) in [6.07, 6.45) is 2.46. The van der Waals surface area contributed by atoms with Crippen molar-refractivity contribution in [2.24, 2.45) is 0 Å². The zero-order valence-corrected chi connectivity index (χ0v) is 13.2. The summed E-state index contributed by atoms with van der Waals surface area (Å²) in [7, 11) is 1.15. The number of carbonyl (C=O) groups is 2. The quantitative estimate of drug-likeness (QED) is 0.580. The second-order valence-corrected chi connectivity index (χ2v) is 5.35. The number of benzene rings is 1. The van der Waals surface area contributed by atoms with Crippen LogP contribution in [-0.2, 0) is 11.2 Å². The lowest BCUT2D eigenvalue weighted by atomic mass is 10.0. The fourth-order valence-corrected chi connectivity index (χ4v) is 2.50. The van der Waals surface area contributed by atoms with E-state index < -0.39 is 11.7 Å². The molecule has 0 saturated heterocycles. The number of methoxy groups -OCH3 is 1. The van der Waals surface area contributed by atoms with E-state index in [-0.39, 0.29) is 22.7 Å². The fourth-order valence-electron chi connectivity index (χ4n) is 2.50. The molecule has 0 unspecified atom stereocenters. The predicted octanol–water partition coefficient (Wildman–Crippen LogP) is 2.66. The molecule has 2 aromatic heterocycles. The van der Waals surface area contributed by atoms with Gasteiger partial charge >= 0.3 is 5.97 Å².